The predicted octanol–water partition coefficient (Wildman–Crippen LogP) is 2.85. The SMILES string of the molecule is CCOC(=O)NN(Cc1cccc2cccnc12)C(=O)OCC. The molecule has 1 aromatic heterocycles. The first kappa shape index (κ1) is 16.5. The van der Waals surface area contributed by atoms with Gasteiger partial charge in [0.25, 0.3) is 0 Å². The summed E-state index contributed by atoms with van der Waals surface area (Å²) in [6.07, 6.45) is 0.307. The van der Waals surface area contributed by atoms with E-state index in [1.807, 2.05) is 30.3 Å². The number of hydrogen-bond donors (Lipinski definition) is 1. The van der Waals surface area contributed by atoms with Crippen LogP contribution in [0.4, 0.5) is 9.59 Å². The van der Waals surface area contributed by atoms with Crippen molar-refractivity contribution in [3.05, 3.63) is 42.1 Å². The highest BCUT2D eigenvalue weighted by molar-refractivity contribution is 5.82. The summed E-state index contributed by atoms with van der Waals surface area (Å²) < 4.78 is 9.77. The molecule has 7 nitrogen and oxygen atoms in total. The lowest BCUT2D eigenvalue weighted by Gasteiger charge is -2.22. The van der Waals surface area contributed by atoms with E-state index in [0.717, 1.165) is 21.5 Å². The summed E-state index contributed by atoms with van der Waals surface area (Å²) in [7, 11) is 0. The Hall–Kier alpha value is -2.83. The molecule has 0 aliphatic carbocycles. The normalized spacial score (nSPS) is 10.2. The number of nitrogens with zero attached hydrogens (tertiary/aromatic N) is 2. The average Bonchev–Trinajstić information content (AvgIpc) is 2.55. The average molecular weight is 317 g/mol. The number of ether oxygens (including phenoxy) is 2. The van der Waals surface area contributed by atoms with Crippen LogP contribution in [0.15, 0.2) is 36.5 Å². The first-order chi connectivity index (χ1) is 11.2. The van der Waals surface area contributed by atoms with Crippen molar-refractivity contribution in [3.63, 3.8) is 0 Å². The van der Waals surface area contributed by atoms with Gasteiger partial charge >= 0.3 is 12.2 Å². The van der Waals surface area contributed by atoms with Crippen LogP contribution < -0.4 is 5.43 Å². The van der Waals surface area contributed by atoms with Crippen LogP contribution in [0.25, 0.3) is 10.9 Å². The Balaban J connectivity index is 2.24. The Bertz CT molecular complexity index is 685. The summed E-state index contributed by atoms with van der Waals surface area (Å²) >= 11 is 0. The van der Waals surface area contributed by atoms with Crippen LogP contribution in [0.2, 0.25) is 0 Å². The third-order valence-corrected chi connectivity index (χ3v) is 3.03. The third kappa shape index (κ3) is 4.32. The molecule has 0 aliphatic heterocycles. The van der Waals surface area contributed by atoms with E-state index in [0.29, 0.717) is 0 Å². The van der Waals surface area contributed by atoms with Gasteiger partial charge in [-0.15, -0.1) is 0 Å². The Morgan fingerprint density at radius 3 is 2.61 bits per heavy atom. The highest BCUT2D eigenvalue weighted by atomic mass is 16.6. The number of hydrazine groups is 1. The first-order valence-electron chi connectivity index (χ1n) is 7.36. The number of carbonyl (C=O) groups is 2. The first-order valence-corrected chi connectivity index (χ1v) is 7.36. The number of fused-ring (bicyclic) bond motifs is 1. The monoisotopic (exact) mass is 317 g/mol. The van der Waals surface area contributed by atoms with Gasteiger partial charge in [0.2, 0.25) is 0 Å². The van der Waals surface area contributed by atoms with Crippen molar-refractivity contribution in [1.29, 1.82) is 0 Å². The third-order valence-electron chi connectivity index (χ3n) is 3.03. The van der Waals surface area contributed by atoms with Crippen molar-refractivity contribution in [2.45, 2.75) is 20.4 Å². The van der Waals surface area contributed by atoms with Crippen LogP contribution in [0, 0.1) is 0 Å². The minimum atomic E-state index is -0.714. The molecule has 0 unspecified atom stereocenters. The van der Waals surface area contributed by atoms with Crippen LogP contribution >= 0.6 is 0 Å². The second kappa shape index (κ2) is 7.98. The lowest BCUT2D eigenvalue weighted by molar-refractivity contribution is 0.0713. The van der Waals surface area contributed by atoms with E-state index in [1.165, 1.54) is 0 Å². The summed E-state index contributed by atoms with van der Waals surface area (Å²) in [5.74, 6) is 0. The molecule has 0 radical (unpaired) electrons. The lowest BCUT2D eigenvalue weighted by Crippen LogP contribution is -2.46. The molecule has 7 heteroatoms. The number of pyridine rings is 1. The van der Waals surface area contributed by atoms with Crippen molar-refractivity contribution >= 4 is 23.1 Å². The number of hydrogen-bond acceptors (Lipinski definition) is 5. The zero-order chi connectivity index (χ0) is 16.7. The summed E-state index contributed by atoms with van der Waals surface area (Å²) in [5.41, 5.74) is 3.93. The van der Waals surface area contributed by atoms with E-state index < -0.39 is 12.2 Å². The van der Waals surface area contributed by atoms with E-state index in [4.69, 9.17) is 9.47 Å². The van der Waals surface area contributed by atoms with Crippen molar-refractivity contribution in [2.75, 3.05) is 13.2 Å². The van der Waals surface area contributed by atoms with Crippen LogP contribution in [-0.2, 0) is 16.0 Å². The van der Waals surface area contributed by atoms with Gasteiger partial charge in [-0.25, -0.2) is 20.0 Å². The molecular formula is C16H19N3O4. The van der Waals surface area contributed by atoms with Gasteiger partial charge in [0.05, 0.1) is 25.3 Å². The van der Waals surface area contributed by atoms with Gasteiger partial charge in [0.1, 0.15) is 0 Å². The quantitative estimate of drug-likeness (QED) is 0.877. The summed E-state index contributed by atoms with van der Waals surface area (Å²) in [5, 5.41) is 2.02. The van der Waals surface area contributed by atoms with Crippen LogP contribution in [0.1, 0.15) is 19.4 Å². The van der Waals surface area contributed by atoms with Gasteiger partial charge in [-0.2, -0.15) is 0 Å². The van der Waals surface area contributed by atoms with Crippen molar-refractivity contribution in [1.82, 2.24) is 15.4 Å². The Kier molecular flexibility index (Phi) is 5.74. The fourth-order valence-electron chi connectivity index (χ4n) is 2.09. The minimum absolute atomic E-state index is 0.117. The van der Waals surface area contributed by atoms with E-state index >= 15 is 0 Å². The van der Waals surface area contributed by atoms with Crippen molar-refractivity contribution in [3.8, 4) is 0 Å². The van der Waals surface area contributed by atoms with E-state index in [2.05, 4.69) is 10.4 Å². The zero-order valence-corrected chi connectivity index (χ0v) is 13.1. The smallest absolute Gasteiger partial charge is 0.429 e. The molecule has 2 rings (SSSR count). The highest BCUT2D eigenvalue weighted by Crippen LogP contribution is 2.17. The number of rotatable bonds is 4. The van der Waals surface area contributed by atoms with Crippen LogP contribution in [0.5, 0.6) is 0 Å². The maximum atomic E-state index is 12.0. The van der Waals surface area contributed by atoms with Crippen LogP contribution in [-0.4, -0.2) is 35.4 Å². The molecule has 0 aliphatic rings. The lowest BCUT2D eigenvalue weighted by atomic mass is 10.1. The fourth-order valence-corrected chi connectivity index (χ4v) is 2.09. The molecule has 0 fully saturated rings. The molecule has 0 saturated carbocycles. The Labute approximate surface area is 134 Å². The summed E-state index contributed by atoms with van der Waals surface area (Å²) in [4.78, 5) is 28.0. The predicted molar refractivity (Wildman–Crippen MR) is 84.5 cm³/mol. The number of carbonyl (C=O) groups excluding carboxylic acids is 2. The van der Waals surface area contributed by atoms with Crippen molar-refractivity contribution in [2.24, 2.45) is 0 Å². The fraction of sp³-hybridized carbons (Fsp3) is 0.312. The summed E-state index contributed by atoms with van der Waals surface area (Å²) in [6.45, 7) is 3.90. The molecule has 122 valence electrons. The molecule has 2 aromatic rings. The molecule has 0 spiro atoms. The largest absolute Gasteiger partial charge is 0.449 e. The van der Waals surface area contributed by atoms with Crippen LogP contribution in [0.3, 0.4) is 0 Å². The van der Waals surface area contributed by atoms with E-state index in [9.17, 15) is 9.59 Å². The summed E-state index contributed by atoms with van der Waals surface area (Å²) in [6, 6.07) is 9.41. The number of para-hydroxylation sites is 1. The second-order valence-electron chi connectivity index (χ2n) is 4.61. The molecule has 1 aromatic carbocycles. The van der Waals surface area contributed by atoms with Crippen molar-refractivity contribution < 1.29 is 19.1 Å². The molecule has 1 heterocycles. The van der Waals surface area contributed by atoms with E-state index in [1.54, 1.807) is 20.0 Å². The van der Waals surface area contributed by atoms with E-state index in [-0.39, 0.29) is 19.8 Å². The minimum Gasteiger partial charge on any atom is -0.449 e. The maximum absolute atomic E-state index is 12.0. The Morgan fingerprint density at radius 1 is 1.13 bits per heavy atom. The zero-order valence-electron chi connectivity index (χ0n) is 13.1. The van der Waals surface area contributed by atoms with Gasteiger partial charge in [-0.3, -0.25) is 4.98 Å². The number of amides is 2. The highest BCUT2D eigenvalue weighted by Gasteiger charge is 2.19. The molecule has 0 saturated heterocycles. The molecular weight excluding hydrogens is 298 g/mol. The topological polar surface area (TPSA) is 80.8 Å². The van der Waals surface area contributed by atoms with Gasteiger partial charge in [-0.1, -0.05) is 24.3 Å². The molecule has 1 N–H and O–H groups in total. The molecule has 0 bridgehead atoms. The number of nitrogens with one attached hydrogen (secondary N) is 1. The van der Waals surface area contributed by atoms with Gasteiger partial charge in [0, 0.05) is 17.1 Å². The number of aromatic nitrogens is 1. The number of benzene rings is 1. The maximum Gasteiger partial charge on any atom is 0.429 e. The Morgan fingerprint density at radius 2 is 1.87 bits per heavy atom. The van der Waals surface area contributed by atoms with Gasteiger partial charge in [0.15, 0.2) is 0 Å². The van der Waals surface area contributed by atoms with Gasteiger partial charge in [-0.05, 0) is 19.9 Å². The molecule has 2 amide bonds. The molecule has 0 atom stereocenters. The molecule has 23 heavy (non-hydrogen) atoms. The standard InChI is InChI=1S/C16H19N3O4/c1-3-22-15(20)18-19(16(21)23-4-2)11-13-8-5-7-12-9-6-10-17-14(12)13/h5-10H,3-4,11H2,1-2H3,(H,18,20). The second-order valence-corrected chi connectivity index (χ2v) is 4.61. The van der Waals surface area contributed by atoms with Gasteiger partial charge < -0.3 is 9.47 Å².